The number of nitrogens with zero attached hydrogens (tertiary/aromatic N) is 3. The molecule has 10 aromatic carbocycles. The molecule has 39 heteroatoms. The van der Waals surface area contributed by atoms with Crippen molar-refractivity contribution in [2.45, 2.75) is 133 Å². The molecule has 4 fully saturated rings. The first-order valence-electron chi connectivity index (χ1n) is 44.7. The van der Waals surface area contributed by atoms with Gasteiger partial charge in [0.25, 0.3) is 11.8 Å². The van der Waals surface area contributed by atoms with Gasteiger partial charge in [0.05, 0.1) is 73.5 Å². The van der Waals surface area contributed by atoms with E-state index in [2.05, 4.69) is 31.8 Å². The van der Waals surface area contributed by atoms with Gasteiger partial charge in [-0.3, -0.25) is 24.3 Å². The Morgan fingerprint density at radius 3 is 1.06 bits per heavy atom. The molecule has 5 aliphatic rings. The fraction of sp³-hybridized carbons (Fsp3) is 0.238. The standard InChI is InChI=1S/C105H87N3O31S2.2BrH.Pd/c1-60(109)127-84-78(108-90(112)70-51-29-30-52-71(70)91(108)113)104(141-105-107-73(59-140-105)72-53-31-32-54-106-72)131-77(81(84)138-103-89(137-100(122)69-49-27-10-28-50-69)86(134-97(119)66-43-21-7-22-44-66)82(132-95(117)64-39-17-5-18-40-64)75(130-103)56-124-93(115)62-35-13-3-14-36-62)58-126-101-88(136-99(121)68-47-25-9-26-48-68)87(135-98(120)67-45-23-8-24-46-67)83(76(129-101)57-125-94(116)63-37-15-4-16-38-63)139-102-85(133-96(118)65-41-19-6-20-42-65)80(111)79(110)74(128-102)55-123-92(114)61-33-11-2-12-34-61;;;/h2-54,59,74-89,101-104,110-111H,55-58H2,1H3;2*1H;/q;;;+2/p-2. The minimum atomic E-state index is -2.39. The van der Waals surface area contributed by atoms with Crippen LogP contribution < -0.4 is 0 Å². The van der Waals surface area contributed by atoms with Gasteiger partial charge in [-0.1, -0.05) is 194 Å². The van der Waals surface area contributed by atoms with E-state index in [0.717, 1.165) is 34.9 Å². The number of rotatable bonds is 33. The van der Waals surface area contributed by atoms with Crippen molar-refractivity contribution in [1.82, 2.24) is 14.9 Å². The first-order chi connectivity index (χ1) is 70.1. The monoisotopic (exact) mass is 2210 g/mol. The Balaban J connectivity index is 0.00000490. The molecule has 12 aromatic rings. The number of pyridine rings is 1. The van der Waals surface area contributed by atoms with Gasteiger partial charge in [-0.2, -0.15) is 0 Å². The van der Waals surface area contributed by atoms with Gasteiger partial charge in [0, 0.05) is 18.5 Å². The number of thioether (sulfide) groups is 1. The van der Waals surface area contributed by atoms with Crippen molar-refractivity contribution >= 4 is 121 Å². The summed E-state index contributed by atoms with van der Waals surface area (Å²) in [7, 11) is 0. The summed E-state index contributed by atoms with van der Waals surface area (Å²) in [6.07, 6.45) is -37.2. The van der Waals surface area contributed by atoms with Crippen LogP contribution in [-0.4, -0.2) is 245 Å². The fourth-order valence-corrected chi connectivity index (χ4v) is 18.5. The number of hydrogen-bond acceptors (Lipinski definition) is 35. The molecule has 0 saturated carbocycles. The second kappa shape index (κ2) is 49.6. The second-order valence-electron chi connectivity index (χ2n) is 32.5. The molecule has 17 rings (SSSR count). The fourth-order valence-electron chi connectivity index (χ4n) is 16.3. The summed E-state index contributed by atoms with van der Waals surface area (Å²) in [5.41, 5.74) is -2.01. The molecule has 2 N–H and O–H groups in total. The Hall–Kier alpha value is -13.6. The van der Waals surface area contributed by atoms with Gasteiger partial charge in [0.1, 0.15) is 85.8 Å². The van der Waals surface area contributed by atoms with E-state index in [9.17, 15) is 39.0 Å². The third-order valence-corrected chi connectivity index (χ3v) is 25.3. The van der Waals surface area contributed by atoms with Crippen molar-refractivity contribution in [3.63, 3.8) is 0 Å². The Morgan fingerprint density at radius 1 is 0.347 bits per heavy atom. The molecule has 2 aromatic heterocycles. The van der Waals surface area contributed by atoms with Crippen LogP contribution in [0.1, 0.15) is 121 Å². The zero-order valence-electron chi connectivity index (χ0n) is 75.5. The molecule has 5 aliphatic heterocycles. The molecule has 34 nitrogen and oxygen atoms in total. The van der Waals surface area contributed by atoms with E-state index in [1.165, 1.54) is 225 Å². The van der Waals surface area contributed by atoms with Crippen molar-refractivity contribution in [3.8, 4) is 11.4 Å². The Labute approximate surface area is 851 Å². The Morgan fingerprint density at radius 2 is 0.660 bits per heavy atom. The van der Waals surface area contributed by atoms with E-state index in [1.54, 1.807) is 102 Å². The molecule has 20 unspecified atom stereocenters. The Bertz CT molecular complexity index is 6400. The number of carbonyl (C=O) groups is 12. The van der Waals surface area contributed by atoms with Gasteiger partial charge in [0.15, 0.2) is 65.9 Å². The number of amides is 2. The predicted molar refractivity (Wildman–Crippen MR) is 512 cm³/mol. The molecular formula is C105H87Br2N3O31PdS2. The molecule has 744 valence electrons. The molecule has 144 heavy (non-hydrogen) atoms. The molecule has 20 atom stereocenters. The van der Waals surface area contributed by atoms with Gasteiger partial charge in [-0.15, -0.1) is 11.3 Å². The summed E-state index contributed by atoms with van der Waals surface area (Å²) in [5.74, 6) is -12.9. The molecule has 0 aliphatic carbocycles. The number of fused-ring (bicyclic) bond motifs is 1. The molecular weight excluding hydrogens is 2130 g/mol. The minimum absolute atomic E-state index is 0.00926. The SMILES string of the molecule is CC(=O)OC1C(OC2OC(COC(=O)c3ccccc3)C(OC(=O)c3ccccc3)C(OC(=O)c3ccccc3)C2OC(=O)c2ccccc2)C(COC2OC(COC(=O)c3ccccc3)C(OC3OC(COC(=O)c4ccccc4)C(O)C(O)C3OC(=O)c3ccccc3)C(OC(=O)c3ccccc3)C2OC(=O)c2ccccc2)OC(Sc2nc(-c3ccccn3)cs2)C1N1C(=O)c2ccccc2C1=O.[Br][Pd][Br]. The maximum absolute atomic E-state index is 15.8. The van der Waals surface area contributed by atoms with Gasteiger partial charge in [-0.25, -0.2) is 48.1 Å². The third-order valence-electron chi connectivity index (χ3n) is 23.2. The van der Waals surface area contributed by atoms with Crippen molar-refractivity contribution in [2.75, 3.05) is 26.4 Å². The van der Waals surface area contributed by atoms with E-state index in [1.807, 2.05) is 0 Å². The van der Waals surface area contributed by atoms with Crippen LogP contribution in [0.2, 0.25) is 0 Å². The van der Waals surface area contributed by atoms with Gasteiger partial charge >= 0.3 is 100 Å². The van der Waals surface area contributed by atoms with Gasteiger partial charge in [0.2, 0.25) is 0 Å². The number of aliphatic hydroxyl groups excluding tert-OH is 2. The van der Waals surface area contributed by atoms with Crippen molar-refractivity contribution in [2.24, 2.45) is 0 Å². The summed E-state index contributed by atoms with van der Waals surface area (Å²) in [6, 6.07) is 76.0. The molecule has 7 heterocycles. The maximum atomic E-state index is 15.8. The summed E-state index contributed by atoms with van der Waals surface area (Å²) < 4.78 is 113. The van der Waals surface area contributed by atoms with E-state index < -0.39 is 220 Å². The molecule has 0 spiro atoms. The third kappa shape index (κ3) is 25.4. The van der Waals surface area contributed by atoms with Gasteiger partial charge < -0.3 is 90.7 Å². The average Bonchev–Trinajstić information content (AvgIpc) is 1.55. The summed E-state index contributed by atoms with van der Waals surface area (Å²) >= 11 is 8.65. The quantitative estimate of drug-likeness (QED) is 0.0167. The van der Waals surface area contributed by atoms with Crippen LogP contribution in [0.5, 0.6) is 0 Å². The first-order valence-corrected chi connectivity index (χ1v) is 53.6. The van der Waals surface area contributed by atoms with Crippen molar-refractivity contribution in [1.29, 1.82) is 0 Å². The van der Waals surface area contributed by atoms with Crippen LogP contribution in [-0.2, 0) is 99.3 Å². The van der Waals surface area contributed by atoms with Crippen molar-refractivity contribution in [3.05, 3.63) is 388 Å². The number of thiazole rings is 1. The molecule has 0 bridgehead atoms. The van der Waals surface area contributed by atoms with E-state index in [4.69, 9.17) is 85.5 Å². The van der Waals surface area contributed by atoms with Crippen LogP contribution in [0.4, 0.5) is 0 Å². The molecule has 0 radical (unpaired) electrons. The molecule has 4 saturated heterocycles. The van der Waals surface area contributed by atoms with E-state index >= 15 is 28.8 Å². The van der Waals surface area contributed by atoms with Gasteiger partial charge in [-0.05, 0) is 133 Å². The van der Waals surface area contributed by atoms with Crippen LogP contribution in [0.25, 0.3) is 11.4 Å². The van der Waals surface area contributed by atoms with Crippen LogP contribution >= 0.6 is 50.0 Å². The number of carbonyl (C=O) groups excluding carboxylic acids is 12. The van der Waals surface area contributed by atoms with Crippen LogP contribution in [0, 0.1) is 0 Å². The number of benzene rings is 10. The second-order valence-corrected chi connectivity index (χ2v) is 41.8. The summed E-state index contributed by atoms with van der Waals surface area (Å²) in [5, 5.41) is 26.3. The average molecular weight is 2220 g/mol. The normalized spacial score (nSPS) is 24.2. The molecule has 2 amide bonds. The van der Waals surface area contributed by atoms with Crippen LogP contribution in [0.3, 0.4) is 0 Å². The zero-order valence-corrected chi connectivity index (χ0v) is 81.9. The number of imide groups is 1. The Kier molecular flexibility index (Phi) is 35.6. The summed E-state index contributed by atoms with van der Waals surface area (Å²) in [6.45, 7) is -2.90. The number of hydrogen-bond donors (Lipinski definition) is 2. The van der Waals surface area contributed by atoms with E-state index in [-0.39, 0.29) is 65.5 Å². The number of aromatic nitrogens is 2. The number of esters is 10. The number of ether oxygens (including phenoxy) is 17. The number of halogens is 2. The van der Waals surface area contributed by atoms with Crippen LogP contribution in [0.15, 0.2) is 331 Å². The summed E-state index contributed by atoms with van der Waals surface area (Å²) in [4.78, 5) is 191. The topological polar surface area (TPSA) is 431 Å². The number of aliphatic hydroxyl groups is 2. The first kappa shape index (κ1) is 103. The predicted octanol–water partition coefficient (Wildman–Crippen LogP) is 13.9. The zero-order chi connectivity index (χ0) is 101. The van der Waals surface area contributed by atoms with E-state index in [0.29, 0.717) is 25.3 Å². The van der Waals surface area contributed by atoms with Crippen molar-refractivity contribution < 1.29 is 162 Å².